The van der Waals surface area contributed by atoms with E-state index in [1.165, 1.54) is 0 Å². The van der Waals surface area contributed by atoms with Gasteiger partial charge in [-0.15, -0.1) is 0 Å². The predicted molar refractivity (Wildman–Crippen MR) is 118 cm³/mol. The van der Waals surface area contributed by atoms with Crippen molar-refractivity contribution in [3.63, 3.8) is 0 Å². The van der Waals surface area contributed by atoms with Crippen LogP contribution < -0.4 is 5.32 Å². The summed E-state index contributed by atoms with van der Waals surface area (Å²) in [5.74, 6) is 0.814. The highest BCUT2D eigenvalue weighted by molar-refractivity contribution is 6.30. The van der Waals surface area contributed by atoms with Crippen LogP contribution in [-0.4, -0.2) is 9.38 Å². The summed E-state index contributed by atoms with van der Waals surface area (Å²) in [6.07, 6.45) is 0. The van der Waals surface area contributed by atoms with Crippen LogP contribution in [0.15, 0.2) is 84.9 Å². The van der Waals surface area contributed by atoms with Crippen molar-refractivity contribution >= 4 is 39.8 Å². The molecule has 2 aromatic heterocycles. The first-order valence-electron chi connectivity index (χ1n) is 9.17. The summed E-state index contributed by atoms with van der Waals surface area (Å²) in [7, 11) is 0. The van der Waals surface area contributed by atoms with Gasteiger partial charge in [-0.2, -0.15) is 5.26 Å². The fourth-order valence-electron chi connectivity index (χ4n) is 3.59. The molecule has 0 aliphatic heterocycles. The van der Waals surface area contributed by atoms with Crippen molar-refractivity contribution in [1.29, 1.82) is 5.26 Å². The molecule has 0 amide bonds. The Labute approximate surface area is 172 Å². The van der Waals surface area contributed by atoms with Crippen LogP contribution >= 0.6 is 11.6 Å². The molecule has 0 aliphatic carbocycles. The van der Waals surface area contributed by atoms with E-state index in [2.05, 4.69) is 11.4 Å². The molecule has 1 N–H and O–H groups in total. The van der Waals surface area contributed by atoms with Gasteiger partial charge in [0, 0.05) is 16.3 Å². The van der Waals surface area contributed by atoms with Crippen LogP contribution in [0.2, 0.25) is 5.02 Å². The van der Waals surface area contributed by atoms with Gasteiger partial charge >= 0.3 is 0 Å². The number of nitrogens with zero attached hydrogens (tertiary/aromatic N) is 3. The number of nitriles is 1. The highest BCUT2D eigenvalue weighted by Gasteiger charge is 2.18. The van der Waals surface area contributed by atoms with Gasteiger partial charge in [0.2, 0.25) is 0 Å². The molecule has 29 heavy (non-hydrogen) atoms. The Morgan fingerprint density at radius 2 is 1.69 bits per heavy atom. The van der Waals surface area contributed by atoms with Crippen LogP contribution in [0.3, 0.4) is 0 Å². The van der Waals surface area contributed by atoms with Gasteiger partial charge in [0.25, 0.3) is 0 Å². The number of rotatable bonds is 3. The first-order valence-corrected chi connectivity index (χ1v) is 9.55. The van der Waals surface area contributed by atoms with Crippen molar-refractivity contribution < 1.29 is 0 Å². The van der Waals surface area contributed by atoms with Crippen molar-refractivity contribution in [2.45, 2.75) is 0 Å². The van der Waals surface area contributed by atoms with Gasteiger partial charge in [0.1, 0.15) is 17.5 Å². The Balaban J connectivity index is 1.85. The number of benzene rings is 3. The summed E-state index contributed by atoms with van der Waals surface area (Å²) in [5, 5.41) is 14.1. The number of anilines is 2. The van der Waals surface area contributed by atoms with E-state index in [1.807, 2.05) is 89.3 Å². The molecule has 5 rings (SSSR count). The first kappa shape index (κ1) is 17.3. The van der Waals surface area contributed by atoms with E-state index in [1.54, 1.807) is 0 Å². The smallest absolute Gasteiger partial charge is 0.158 e. The normalized spacial score (nSPS) is 10.9. The molecule has 5 heteroatoms. The second kappa shape index (κ2) is 6.97. The van der Waals surface area contributed by atoms with Gasteiger partial charge in [-0.1, -0.05) is 60.1 Å². The molecule has 2 heterocycles. The molecule has 0 unspecified atom stereocenters. The maximum atomic E-state index is 9.98. The molecule has 0 spiro atoms. The predicted octanol–water partition coefficient (Wildman–Crippen LogP) is 6.42. The fourth-order valence-corrected chi connectivity index (χ4v) is 3.78. The summed E-state index contributed by atoms with van der Waals surface area (Å²) >= 11 is 6.18. The average Bonchev–Trinajstić information content (AvgIpc) is 3.14. The van der Waals surface area contributed by atoms with Crippen molar-refractivity contribution in [3.8, 4) is 17.2 Å². The number of aromatic nitrogens is 2. The third-order valence-corrected chi connectivity index (χ3v) is 5.10. The van der Waals surface area contributed by atoms with E-state index >= 15 is 0 Å². The molecule has 0 aliphatic rings. The molecule has 0 radical (unpaired) electrons. The summed E-state index contributed by atoms with van der Waals surface area (Å²) in [6, 6.07) is 29.7. The molecule has 0 bridgehead atoms. The molecular weight excluding hydrogens is 380 g/mol. The maximum Gasteiger partial charge on any atom is 0.158 e. The number of hydrogen-bond donors (Lipinski definition) is 1. The molecule has 0 saturated carbocycles. The lowest BCUT2D eigenvalue weighted by Gasteiger charge is -2.14. The molecule has 0 atom stereocenters. The highest BCUT2D eigenvalue weighted by Crippen LogP contribution is 2.34. The van der Waals surface area contributed by atoms with Crippen LogP contribution in [0, 0.1) is 11.3 Å². The van der Waals surface area contributed by atoms with Crippen LogP contribution in [0.25, 0.3) is 27.8 Å². The molecular formula is C24H15ClN4. The van der Waals surface area contributed by atoms with Gasteiger partial charge < -0.3 is 5.32 Å². The van der Waals surface area contributed by atoms with Gasteiger partial charge in [-0.3, -0.25) is 4.40 Å². The van der Waals surface area contributed by atoms with Crippen LogP contribution in [-0.2, 0) is 0 Å². The van der Waals surface area contributed by atoms with E-state index in [0.717, 1.165) is 33.7 Å². The number of fused-ring (bicyclic) bond motifs is 3. The highest BCUT2D eigenvalue weighted by atomic mass is 35.5. The number of halogens is 1. The number of hydrogen-bond acceptors (Lipinski definition) is 3. The lowest BCUT2D eigenvalue weighted by atomic mass is 10.0. The number of pyridine rings is 1. The Kier molecular flexibility index (Phi) is 4.16. The van der Waals surface area contributed by atoms with E-state index in [-0.39, 0.29) is 0 Å². The number of para-hydroxylation sites is 2. The minimum Gasteiger partial charge on any atom is -0.341 e. The quantitative estimate of drug-likeness (QED) is 0.384. The fraction of sp³-hybridized carbons (Fsp3) is 0. The Morgan fingerprint density at radius 3 is 2.48 bits per heavy atom. The summed E-state index contributed by atoms with van der Waals surface area (Å²) in [6.45, 7) is 0. The standard InChI is InChI=1S/C24H15ClN4/c25-17-9-6-10-18(13-17)27-23-14-19(16-7-2-1-3-8-16)20(15-26)24-28-21-11-4-5-12-22(21)29(23)24/h1-14,27H. The zero-order valence-electron chi connectivity index (χ0n) is 15.3. The van der Waals surface area contributed by atoms with E-state index in [4.69, 9.17) is 16.6 Å². The third-order valence-electron chi connectivity index (χ3n) is 4.87. The van der Waals surface area contributed by atoms with Crippen molar-refractivity contribution in [2.24, 2.45) is 0 Å². The second-order valence-corrected chi connectivity index (χ2v) is 7.13. The van der Waals surface area contributed by atoms with Gasteiger partial charge in [0.15, 0.2) is 5.65 Å². The van der Waals surface area contributed by atoms with E-state index < -0.39 is 0 Å². The van der Waals surface area contributed by atoms with Crippen LogP contribution in [0.4, 0.5) is 11.5 Å². The molecule has 5 aromatic rings. The molecule has 3 aromatic carbocycles. The van der Waals surface area contributed by atoms with Crippen LogP contribution in [0.1, 0.15) is 5.56 Å². The molecule has 0 fully saturated rings. The van der Waals surface area contributed by atoms with Gasteiger partial charge in [0.05, 0.1) is 11.0 Å². The zero-order valence-corrected chi connectivity index (χ0v) is 16.1. The maximum absolute atomic E-state index is 9.98. The monoisotopic (exact) mass is 394 g/mol. The van der Waals surface area contributed by atoms with Crippen LogP contribution in [0.5, 0.6) is 0 Å². The molecule has 4 nitrogen and oxygen atoms in total. The zero-order chi connectivity index (χ0) is 19.8. The minimum atomic E-state index is 0.545. The summed E-state index contributed by atoms with van der Waals surface area (Å²) < 4.78 is 1.99. The lowest BCUT2D eigenvalue weighted by molar-refractivity contribution is 1.21. The van der Waals surface area contributed by atoms with E-state index in [0.29, 0.717) is 16.2 Å². The first-order chi connectivity index (χ1) is 14.2. The van der Waals surface area contributed by atoms with Gasteiger partial charge in [-0.25, -0.2) is 4.98 Å². The molecule has 138 valence electrons. The third kappa shape index (κ3) is 2.98. The largest absolute Gasteiger partial charge is 0.341 e. The Hall–Kier alpha value is -3.81. The topological polar surface area (TPSA) is 53.1 Å². The average molecular weight is 395 g/mol. The minimum absolute atomic E-state index is 0.545. The second-order valence-electron chi connectivity index (χ2n) is 6.69. The van der Waals surface area contributed by atoms with Crippen molar-refractivity contribution in [1.82, 2.24) is 9.38 Å². The summed E-state index contributed by atoms with van der Waals surface area (Å²) in [4.78, 5) is 4.77. The van der Waals surface area contributed by atoms with Gasteiger partial charge in [-0.05, 0) is 42.0 Å². The number of nitrogens with one attached hydrogen (secondary N) is 1. The SMILES string of the molecule is N#Cc1c(-c2ccccc2)cc(Nc2cccc(Cl)c2)n2c1nc1ccccc12. The van der Waals surface area contributed by atoms with Crippen molar-refractivity contribution in [2.75, 3.05) is 5.32 Å². The number of imidazole rings is 1. The van der Waals surface area contributed by atoms with E-state index in [9.17, 15) is 5.26 Å². The Bertz CT molecular complexity index is 1400. The molecule has 0 saturated heterocycles. The van der Waals surface area contributed by atoms with Crippen molar-refractivity contribution in [3.05, 3.63) is 95.5 Å². The summed E-state index contributed by atoms with van der Waals surface area (Å²) in [5.41, 5.74) is 5.60. The Morgan fingerprint density at radius 1 is 0.897 bits per heavy atom. The lowest BCUT2D eigenvalue weighted by Crippen LogP contribution is -2.02.